The maximum Gasteiger partial charge on any atom is 0.0776 e. The molecule has 0 radical (unpaired) electrons. The molecule has 0 saturated heterocycles. The van der Waals surface area contributed by atoms with Crippen LogP contribution in [0.1, 0.15) is 40.2 Å². The fourth-order valence-corrected chi connectivity index (χ4v) is 2.91. The maximum absolute atomic E-state index is 8.55. The molecule has 0 heterocycles. The number of hydrogen-bond acceptors (Lipinski definition) is 0. The van der Waals surface area contributed by atoms with Gasteiger partial charge in [-0.05, 0) is 36.0 Å². The van der Waals surface area contributed by atoms with E-state index in [0.29, 0.717) is 12.1 Å². The van der Waals surface area contributed by atoms with E-state index in [1.54, 1.807) is 0 Å². The zero-order valence-corrected chi connectivity index (χ0v) is 13.0. The first kappa shape index (κ1) is 10.6. The third kappa shape index (κ3) is 2.76. The molecule has 16 heavy (non-hydrogen) atoms. The Balaban J connectivity index is 3.83. The second-order valence-electron chi connectivity index (χ2n) is 6.75. The van der Waals surface area contributed by atoms with Crippen molar-refractivity contribution in [3.05, 3.63) is 28.8 Å². The lowest BCUT2D eigenvalue weighted by atomic mass is 9.83. The molecule has 0 fully saturated rings. The van der Waals surface area contributed by atoms with Gasteiger partial charge in [-0.1, -0.05) is 57.7 Å². The summed E-state index contributed by atoms with van der Waals surface area (Å²) in [6, 6.07) is 1.22. The third-order valence-corrected chi connectivity index (χ3v) is 4.75. The summed E-state index contributed by atoms with van der Waals surface area (Å²) in [5.74, 6) is 0. The van der Waals surface area contributed by atoms with Crippen molar-refractivity contribution >= 4 is 13.3 Å². The van der Waals surface area contributed by atoms with Crippen LogP contribution < -0.4 is 5.19 Å². The van der Waals surface area contributed by atoms with Crippen molar-refractivity contribution in [1.29, 1.82) is 0 Å². The SMILES string of the molecule is [2H]c1c(C)c(C)c(C(C)(C)C)c([2H])c1[Si](C)(C)C. The van der Waals surface area contributed by atoms with E-state index >= 15 is 0 Å². The van der Waals surface area contributed by atoms with Crippen LogP contribution in [-0.2, 0) is 5.41 Å². The highest BCUT2D eigenvalue weighted by Crippen LogP contribution is 2.27. The molecule has 90 valence electrons. The van der Waals surface area contributed by atoms with E-state index in [1.807, 2.05) is 6.92 Å². The third-order valence-electron chi connectivity index (χ3n) is 3.00. The van der Waals surface area contributed by atoms with Gasteiger partial charge in [0.25, 0.3) is 0 Å². The van der Waals surface area contributed by atoms with Crippen molar-refractivity contribution in [2.75, 3.05) is 0 Å². The quantitative estimate of drug-likeness (QED) is 0.643. The van der Waals surface area contributed by atoms with Gasteiger partial charge >= 0.3 is 0 Å². The molecule has 1 heteroatoms. The molecule has 0 saturated carbocycles. The molecule has 0 amide bonds. The van der Waals surface area contributed by atoms with Gasteiger partial charge in [0.05, 0.1) is 10.8 Å². The number of rotatable bonds is 1. The molecule has 0 aliphatic carbocycles. The molecule has 1 aromatic carbocycles. The highest BCUT2D eigenvalue weighted by molar-refractivity contribution is 6.88. The molecule has 1 aromatic rings. The lowest BCUT2D eigenvalue weighted by Crippen LogP contribution is -2.39. The first-order valence-electron chi connectivity index (χ1n) is 7.00. The summed E-state index contributed by atoms with van der Waals surface area (Å²) in [6.07, 6.45) is 0. The molecular weight excluding hydrogens is 208 g/mol. The normalized spacial score (nSPS) is 14.8. The van der Waals surface area contributed by atoms with E-state index in [2.05, 4.69) is 47.3 Å². The molecule has 0 spiro atoms. The summed E-state index contributed by atoms with van der Waals surface area (Å²) in [5, 5.41) is 1.01. The van der Waals surface area contributed by atoms with Crippen LogP contribution in [0.3, 0.4) is 0 Å². The number of hydrogen-bond donors (Lipinski definition) is 0. The van der Waals surface area contributed by atoms with Crippen LogP contribution in [0.25, 0.3) is 0 Å². The average molecular weight is 236 g/mol. The van der Waals surface area contributed by atoms with Crippen molar-refractivity contribution < 1.29 is 2.74 Å². The molecule has 0 nitrogen and oxygen atoms in total. The van der Waals surface area contributed by atoms with E-state index < -0.39 is 8.07 Å². The van der Waals surface area contributed by atoms with Crippen LogP contribution in [0, 0.1) is 13.8 Å². The molecule has 0 aliphatic rings. The van der Waals surface area contributed by atoms with Gasteiger partial charge in [0.2, 0.25) is 0 Å². The molecule has 0 aromatic heterocycles. The van der Waals surface area contributed by atoms with Gasteiger partial charge in [-0.3, -0.25) is 0 Å². The average Bonchev–Trinajstić information content (AvgIpc) is 2.09. The minimum Gasteiger partial charge on any atom is -0.0656 e. The standard InChI is InChI=1S/C15H26Si/c1-11-9-13(16(6,7)8)10-14(12(11)2)15(3,4)5/h9-10H,1-8H3/i9D,10D. The molecule has 0 aliphatic heterocycles. The van der Waals surface area contributed by atoms with Crippen molar-refractivity contribution in [1.82, 2.24) is 0 Å². The summed E-state index contributed by atoms with van der Waals surface area (Å²) >= 11 is 0. The summed E-state index contributed by atoms with van der Waals surface area (Å²) in [4.78, 5) is 0. The lowest BCUT2D eigenvalue weighted by molar-refractivity contribution is 0.586. The van der Waals surface area contributed by atoms with Gasteiger partial charge in [-0.2, -0.15) is 0 Å². The van der Waals surface area contributed by atoms with Crippen LogP contribution >= 0.6 is 0 Å². The topological polar surface area (TPSA) is 0 Å². The monoisotopic (exact) mass is 236 g/mol. The van der Waals surface area contributed by atoms with Gasteiger partial charge < -0.3 is 0 Å². The van der Waals surface area contributed by atoms with Gasteiger partial charge in [0, 0.05) is 0 Å². The predicted octanol–water partition coefficient (Wildman–Crippen LogP) is 4.15. The van der Waals surface area contributed by atoms with Crippen molar-refractivity contribution in [2.24, 2.45) is 0 Å². The van der Waals surface area contributed by atoms with Crippen molar-refractivity contribution in [2.45, 2.75) is 59.7 Å². The van der Waals surface area contributed by atoms with Crippen LogP contribution in [0.5, 0.6) is 0 Å². The lowest BCUT2D eigenvalue weighted by Gasteiger charge is -2.27. The van der Waals surface area contributed by atoms with E-state index in [0.717, 1.165) is 21.9 Å². The Morgan fingerprint density at radius 1 is 1.06 bits per heavy atom. The zero-order chi connectivity index (χ0) is 14.5. The van der Waals surface area contributed by atoms with E-state index in [1.165, 1.54) is 0 Å². The van der Waals surface area contributed by atoms with E-state index in [-0.39, 0.29) is 5.41 Å². The van der Waals surface area contributed by atoms with Crippen LogP contribution in [0.2, 0.25) is 19.6 Å². The highest BCUT2D eigenvalue weighted by Gasteiger charge is 2.23. The Labute approximate surface area is 105 Å². The zero-order valence-electron chi connectivity index (χ0n) is 14.0. The predicted molar refractivity (Wildman–Crippen MR) is 77.6 cm³/mol. The fourth-order valence-electron chi connectivity index (χ4n) is 1.84. The summed E-state index contributed by atoms with van der Waals surface area (Å²) in [6.45, 7) is 17.2. The Kier molecular flexibility index (Phi) is 2.66. The van der Waals surface area contributed by atoms with Gasteiger partial charge in [0.15, 0.2) is 0 Å². The molecule has 0 atom stereocenters. The Bertz CT molecular complexity index is 436. The van der Waals surface area contributed by atoms with Crippen LogP contribution in [0.4, 0.5) is 0 Å². The molecule has 0 unspecified atom stereocenters. The van der Waals surface area contributed by atoms with Gasteiger partial charge in [-0.25, -0.2) is 0 Å². The van der Waals surface area contributed by atoms with Crippen LogP contribution in [-0.4, -0.2) is 8.07 Å². The summed E-state index contributed by atoms with van der Waals surface area (Å²) < 4.78 is 16.9. The molecule has 0 bridgehead atoms. The first-order valence-corrected chi connectivity index (χ1v) is 9.50. The second-order valence-corrected chi connectivity index (χ2v) is 11.8. The number of benzene rings is 1. The Morgan fingerprint density at radius 2 is 1.56 bits per heavy atom. The largest absolute Gasteiger partial charge is 0.0776 e. The molecule has 0 N–H and O–H groups in total. The van der Waals surface area contributed by atoms with E-state index in [4.69, 9.17) is 2.74 Å². The molecular formula is C15H26Si. The van der Waals surface area contributed by atoms with Gasteiger partial charge in [-0.15, -0.1) is 0 Å². The van der Waals surface area contributed by atoms with Crippen molar-refractivity contribution in [3.63, 3.8) is 0 Å². The van der Waals surface area contributed by atoms with E-state index in [9.17, 15) is 0 Å². The van der Waals surface area contributed by atoms with Crippen LogP contribution in [0.15, 0.2) is 12.1 Å². The minimum absolute atomic E-state index is 0.0337. The Hall–Kier alpha value is -0.563. The summed E-state index contributed by atoms with van der Waals surface area (Å²) in [5.41, 5.74) is 3.26. The maximum atomic E-state index is 8.55. The summed E-state index contributed by atoms with van der Waals surface area (Å²) in [7, 11) is -1.66. The molecule has 1 rings (SSSR count). The first-order chi connectivity index (χ1) is 7.89. The highest BCUT2D eigenvalue weighted by atomic mass is 28.3. The smallest absolute Gasteiger partial charge is 0.0656 e. The van der Waals surface area contributed by atoms with Crippen molar-refractivity contribution in [3.8, 4) is 0 Å². The van der Waals surface area contributed by atoms with Gasteiger partial charge in [0.1, 0.15) is 0 Å². The minimum atomic E-state index is -1.66. The fraction of sp³-hybridized carbons (Fsp3) is 0.600. The Morgan fingerprint density at radius 3 is 1.94 bits per heavy atom. The second kappa shape index (κ2) is 4.03.